The van der Waals surface area contributed by atoms with Crippen LogP contribution in [-0.2, 0) is 0 Å². The van der Waals surface area contributed by atoms with Crippen LogP contribution < -0.4 is 5.32 Å². The first kappa shape index (κ1) is 16.8. The van der Waals surface area contributed by atoms with E-state index in [1.165, 1.54) is 11.1 Å². The first-order valence-corrected chi connectivity index (χ1v) is 8.52. The molecule has 2 rings (SSSR count). The highest BCUT2D eigenvalue weighted by molar-refractivity contribution is 9.10. The number of benzene rings is 2. The maximum atomic E-state index is 6.39. The number of hydrogen-bond acceptors (Lipinski definition) is 1. The minimum Gasteiger partial charge on any atom is -0.306 e. The lowest BCUT2D eigenvalue weighted by Gasteiger charge is -2.21. The third kappa shape index (κ3) is 4.23. The van der Waals surface area contributed by atoms with Gasteiger partial charge in [-0.25, -0.2) is 0 Å². The van der Waals surface area contributed by atoms with E-state index in [-0.39, 0.29) is 6.04 Å². The van der Waals surface area contributed by atoms with Crippen LogP contribution in [-0.4, -0.2) is 6.54 Å². The van der Waals surface area contributed by atoms with Gasteiger partial charge in [-0.2, -0.15) is 0 Å². The van der Waals surface area contributed by atoms with Crippen LogP contribution in [0.15, 0.2) is 40.9 Å². The molecule has 0 aliphatic carbocycles. The summed E-state index contributed by atoms with van der Waals surface area (Å²) in [5.74, 6) is 0. The normalized spacial score (nSPS) is 12.4. The fourth-order valence-corrected chi connectivity index (χ4v) is 3.13. The molecule has 2 aromatic rings. The van der Waals surface area contributed by atoms with Crippen LogP contribution in [0.5, 0.6) is 0 Å². The maximum Gasteiger partial charge on any atom is 0.0591 e. The summed E-state index contributed by atoms with van der Waals surface area (Å²) < 4.78 is 1.10. The molecule has 0 aromatic heterocycles. The largest absolute Gasteiger partial charge is 0.306 e. The summed E-state index contributed by atoms with van der Waals surface area (Å²) in [4.78, 5) is 0. The van der Waals surface area contributed by atoms with E-state index in [1.807, 2.05) is 12.1 Å². The predicted octanol–water partition coefficient (Wildman–Crippen LogP) is 6.15. The topological polar surface area (TPSA) is 12.0 Å². The molecule has 1 unspecified atom stereocenters. The molecule has 1 nitrogen and oxygen atoms in total. The Kier molecular flexibility index (Phi) is 6.12. The van der Waals surface area contributed by atoms with E-state index in [9.17, 15) is 0 Å². The van der Waals surface area contributed by atoms with Gasteiger partial charge in [0.25, 0.3) is 0 Å². The summed E-state index contributed by atoms with van der Waals surface area (Å²) in [6.45, 7) is 5.16. The first-order chi connectivity index (χ1) is 10.0. The van der Waals surface area contributed by atoms with Gasteiger partial charge in [0, 0.05) is 14.5 Å². The van der Waals surface area contributed by atoms with Crippen LogP contribution in [0.25, 0.3) is 0 Å². The van der Waals surface area contributed by atoms with Crippen LogP contribution in [0.3, 0.4) is 0 Å². The fourth-order valence-electron chi connectivity index (χ4n) is 2.22. The molecule has 0 bridgehead atoms. The molecule has 1 N–H and O–H groups in total. The second kappa shape index (κ2) is 7.64. The molecule has 0 saturated heterocycles. The molecule has 1 atom stereocenters. The third-order valence-electron chi connectivity index (χ3n) is 3.40. The van der Waals surface area contributed by atoms with E-state index < -0.39 is 0 Å². The lowest BCUT2D eigenvalue weighted by atomic mass is 9.97. The maximum absolute atomic E-state index is 6.39. The van der Waals surface area contributed by atoms with Crippen molar-refractivity contribution in [2.75, 3.05) is 6.54 Å². The smallest absolute Gasteiger partial charge is 0.0591 e. The highest BCUT2D eigenvalue weighted by Gasteiger charge is 2.17. The standard InChI is InChI=1S/C17H18BrCl2N/c1-3-8-21-17(12-5-4-11(2)15(18)9-12)14-7-6-13(19)10-16(14)20/h4-7,9-10,17,21H,3,8H2,1-2H3. The van der Waals surface area contributed by atoms with Crippen LogP contribution in [0.2, 0.25) is 10.0 Å². The predicted molar refractivity (Wildman–Crippen MR) is 95.5 cm³/mol. The molecule has 0 aliphatic rings. The van der Waals surface area contributed by atoms with Crippen molar-refractivity contribution >= 4 is 39.1 Å². The van der Waals surface area contributed by atoms with E-state index in [1.54, 1.807) is 6.07 Å². The highest BCUT2D eigenvalue weighted by atomic mass is 79.9. The van der Waals surface area contributed by atoms with Crippen molar-refractivity contribution in [3.8, 4) is 0 Å². The number of hydrogen-bond donors (Lipinski definition) is 1. The lowest BCUT2D eigenvalue weighted by molar-refractivity contribution is 0.598. The van der Waals surface area contributed by atoms with E-state index in [2.05, 4.69) is 53.3 Å². The summed E-state index contributed by atoms with van der Waals surface area (Å²) >= 11 is 16.0. The number of halogens is 3. The van der Waals surface area contributed by atoms with E-state index in [0.29, 0.717) is 10.0 Å². The van der Waals surface area contributed by atoms with Gasteiger partial charge in [-0.3, -0.25) is 0 Å². The Balaban J connectivity index is 2.44. The van der Waals surface area contributed by atoms with Gasteiger partial charge in [-0.15, -0.1) is 0 Å². The lowest BCUT2D eigenvalue weighted by Crippen LogP contribution is -2.23. The molecule has 0 fully saturated rings. The van der Waals surface area contributed by atoms with E-state index in [0.717, 1.165) is 23.0 Å². The zero-order valence-electron chi connectivity index (χ0n) is 12.1. The molecule has 2 aromatic carbocycles. The number of aryl methyl sites for hydroxylation is 1. The van der Waals surface area contributed by atoms with Crippen LogP contribution >= 0.6 is 39.1 Å². The monoisotopic (exact) mass is 385 g/mol. The minimum atomic E-state index is 0.0617. The Morgan fingerprint density at radius 3 is 2.52 bits per heavy atom. The highest BCUT2D eigenvalue weighted by Crippen LogP contribution is 2.32. The fraction of sp³-hybridized carbons (Fsp3) is 0.294. The molecule has 112 valence electrons. The van der Waals surface area contributed by atoms with Gasteiger partial charge < -0.3 is 5.32 Å². The second-order valence-electron chi connectivity index (χ2n) is 5.06. The van der Waals surface area contributed by atoms with Gasteiger partial charge in [-0.05, 0) is 54.8 Å². The summed E-state index contributed by atoms with van der Waals surface area (Å²) in [5.41, 5.74) is 3.45. The van der Waals surface area contributed by atoms with E-state index in [4.69, 9.17) is 23.2 Å². The summed E-state index contributed by atoms with van der Waals surface area (Å²) in [6.07, 6.45) is 1.06. The van der Waals surface area contributed by atoms with Gasteiger partial charge in [-0.1, -0.05) is 64.3 Å². The quantitative estimate of drug-likeness (QED) is 0.649. The van der Waals surface area contributed by atoms with Crippen molar-refractivity contribution in [3.63, 3.8) is 0 Å². The molecule has 0 amide bonds. The van der Waals surface area contributed by atoms with Crippen molar-refractivity contribution in [2.45, 2.75) is 26.3 Å². The van der Waals surface area contributed by atoms with Gasteiger partial charge >= 0.3 is 0 Å². The summed E-state index contributed by atoms with van der Waals surface area (Å²) in [6, 6.07) is 12.1. The van der Waals surface area contributed by atoms with Crippen molar-refractivity contribution in [3.05, 3.63) is 67.6 Å². The third-order valence-corrected chi connectivity index (χ3v) is 4.82. The van der Waals surface area contributed by atoms with Crippen molar-refractivity contribution < 1.29 is 0 Å². The van der Waals surface area contributed by atoms with Crippen LogP contribution in [0, 0.1) is 6.92 Å². The van der Waals surface area contributed by atoms with Crippen molar-refractivity contribution in [1.29, 1.82) is 0 Å². The van der Waals surface area contributed by atoms with Gasteiger partial charge in [0.15, 0.2) is 0 Å². The first-order valence-electron chi connectivity index (χ1n) is 6.97. The Labute approximate surface area is 144 Å². The Bertz CT molecular complexity index is 628. The Hall–Kier alpha value is -0.540. The average Bonchev–Trinajstić information content (AvgIpc) is 2.44. The number of nitrogens with one attached hydrogen (secondary N) is 1. The van der Waals surface area contributed by atoms with Crippen LogP contribution in [0.1, 0.15) is 36.1 Å². The molecule has 0 saturated carbocycles. The van der Waals surface area contributed by atoms with Crippen molar-refractivity contribution in [2.24, 2.45) is 0 Å². The molecule has 4 heteroatoms. The Morgan fingerprint density at radius 2 is 1.90 bits per heavy atom. The van der Waals surface area contributed by atoms with Gasteiger partial charge in [0.2, 0.25) is 0 Å². The molecular formula is C17H18BrCl2N. The summed E-state index contributed by atoms with van der Waals surface area (Å²) in [7, 11) is 0. The number of rotatable bonds is 5. The minimum absolute atomic E-state index is 0.0617. The van der Waals surface area contributed by atoms with E-state index >= 15 is 0 Å². The molecule has 0 heterocycles. The van der Waals surface area contributed by atoms with Crippen LogP contribution in [0.4, 0.5) is 0 Å². The van der Waals surface area contributed by atoms with Gasteiger partial charge in [0.1, 0.15) is 0 Å². The molecule has 0 radical (unpaired) electrons. The zero-order valence-corrected chi connectivity index (χ0v) is 15.2. The molecule has 0 spiro atoms. The molecule has 0 aliphatic heterocycles. The zero-order chi connectivity index (χ0) is 15.4. The SMILES string of the molecule is CCCNC(c1ccc(C)c(Br)c1)c1ccc(Cl)cc1Cl. The average molecular weight is 387 g/mol. The Morgan fingerprint density at radius 1 is 1.14 bits per heavy atom. The molecule has 21 heavy (non-hydrogen) atoms. The summed E-state index contributed by atoms with van der Waals surface area (Å²) in [5, 5.41) is 4.90. The van der Waals surface area contributed by atoms with Crippen molar-refractivity contribution in [1.82, 2.24) is 5.32 Å². The second-order valence-corrected chi connectivity index (χ2v) is 6.76. The molecular weight excluding hydrogens is 369 g/mol. The van der Waals surface area contributed by atoms with Gasteiger partial charge in [0.05, 0.1) is 6.04 Å².